The lowest BCUT2D eigenvalue weighted by molar-refractivity contribution is 0.473. The highest BCUT2D eigenvalue weighted by Gasteiger charge is 2.08. The van der Waals surface area contributed by atoms with Crippen LogP contribution >= 0.6 is 0 Å². The Bertz CT molecular complexity index is 570. The molecule has 1 aromatic heterocycles. The van der Waals surface area contributed by atoms with Crippen LogP contribution in [0.1, 0.15) is 18.3 Å². The zero-order chi connectivity index (χ0) is 13.1. The van der Waals surface area contributed by atoms with Gasteiger partial charge < -0.3 is 10.5 Å². The minimum Gasteiger partial charge on any atom is -0.453 e. The summed E-state index contributed by atoms with van der Waals surface area (Å²) in [5.74, 6) is 0.718. The van der Waals surface area contributed by atoms with Crippen molar-refractivity contribution in [3.05, 3.63) is 47.5 Å². The van der Waals surface area contributed by atoms with E-state index in [2.05, 4.69) is 4.98 Å². The molecule has 0 saturated carbocycles. The second-order valence-electron chi connectivity index (χ2n) is 4.04. The highest BCUT2D eigenvalue weighted by Crippen LogP contribution is 2.29. The summed E-state index contributed by atoms with van der Waals surface area (Å²) in [5, 5.41) is 0. The molecule has 0 saturated heterocycles. The number of aryl methyl sites for hydroxylation is 2. The van der Waals surface area contributed by atoms with Gasteiger partial charge in [0.15, 0.2) is 5.75 Å². The van der Waals surface area contributed by atoms with Gasteiger partial charge in [-0.3, -0.25) is 4.98 Å². The lowest BCUT2D eigenvalue weighted by atomic mass is 10.2. The van der Waals surface area contributed by atoms with Gasteiger partial charge in [-0.05, 0) is 37.6 Å². The molecule has 2 aromatic rings. The van der Waals surface area contributed by atoms with Gasteiger partial charge in [-0.1, -0.05) is 6.92 Å². The van der Waals surface area contributed by atoms with E-state index in [9.17, 15) is 4.39 Å². The number of hydrogen-bond donors (Lipinski definition) is 1. The minimum atomic E-state index is -0.377. The van der Waals surface area contributed by atoms with E-state index in [4.69, 9.17) is 10.5 Å². The highest BCUT2D eigenvalue weighted by molar-refractivity contribution is 5.54. The summed E-state index contributed by atoms with van der Waals surface area (Å²) in [6.45, 7) is 3.93. The summed E-state index contributed by atoms with van der Waals surface area (Å²) < 4.78 is 18.6. The number of rotatable bonds is 3. The smallest absolute Gasteiger partial charge is 0.150 e. The van der Waals surface area contributed by atoms with E-state index in [1.165, 1.54) is 18.2 Å². The molecule has 0 radical (unpaired) electrons. The van der Waals surface area contributed by atoms with E-state index in [1.54, 1.807) is 0 Å². The van der Waals surface area contributed by atoms with Crippen molar-refractivity contribution < 1.29 is 9.13 Å². The van der Waals surface area contributed by atoms with Crippen molar-refractivity contribution in [3.8, 4) is 11.5 Å². The molecule has 18 heavy (non-hydrogen) atoms. The third-order valence-corrected chi connectivity index (χ3v) is 2.60. The zero-order valence-corrected chi connectivity index (χ0v) is 10.4. The third-order valence-electron chi connectivity index (χ3n) is 2.60. The first-order valence-electron chi connectivity index (χ1n) is 5.79. The van der Waals surface area contributed by atoms with Crippen LogP contribution < -0.4 is 10.5 Å². The van der Waals surface area contributed by atoms with Crippen LogP contribution in [0.3, 0.4) is 0 Å². The van der Waals surface area contributed by atoms with Crippen LogP contribution in [0.4, 0.5) is 10.1 Å². The number of nitrogens with two attached hydrogens (primary N) is 1. The molecule has 0 aliphatic carbocycles. The highest BCUT2D eigenvalue weighted by atomic mass is 19.1. The Kier molecular flexibility index (Phi) is 3.46. The van der Waals surface area contributed by atoms with Crippen molar-refractivity contribution in [1.82, 2.24) is 4.98 Å². The van der Waals surface area contributed by atoms with Gasteiger partial charge in [-0.25, -0.2) is 4.39 Å². The maximum absolute atomic E-state index is 12.9. The molecule has 0 unspecified atom stereocenters. The average molecular weight is 246 g/mol. The van der Waals surface area contributed by atoms with Crippen LogP contribution in [-0.4, -0.2) is 4.98 Å². The minimum absolute atomic E-state index is 0.276. The number of pyridine rings is 1. The van der Waals surface area contributed by atoms with Crippen molar-refractivity contribution in [1.29, 1.82) is 0 Å². The van der Waals surface area contributed by atoms with Gasteiger partial charge in [0.05, 0.1) is 11.4 Å². The normalized spacial score (nSPS) is 10.4. The number of aromatic nitrogens is 1. The number of halogens is 1. The number of benzene rings is 1. The molecular weight excluding hydrogens is 231 g/mol. The molecule has 2 rings (SSSR count). The number of anilines is 1. The van der Waals surface area contributed by atoms with Gasteiger partial charge in [0.1, 0.15) is 11.6 Å². The van der Waals surface area contributed by atoms with E-state index < -0.39 is 0 Å². The first-order chi connectivity index (χ1) is 8.60. The zero-order valence-electron chi connectivity index (χ0n) is 10.4. The quantitative estimate of drug-likeness (QED) is 0.843. The van der Waals surface area contributed by atoms with E-state index in [0.717, 1.165) is 17.8 Å². The van der Waals surface area contributed by atoms with Gasteiger partial charge >= 0.3 is 0 Å². The Morgan fingerprint density at radius 1 is 1.22 bits per heavy atom. The topological polar surface area (TPSA) is 48.1 Å². The molecule has 0 aliphatic heterocycles. The van der Waals surface area contributed by atoms with Gasteiger partial charge in [-0.2, -0.15) is 0 Å². The molecule has 0 bridgehead atoms. The molecule has 0 atom stereocenters. The van der Waals surface area contributed by atoms with E-state index in [0.29, 0.717) is 11.5 Å². The molecule has 0 fully saturated rings. The molecule has 0 amide bonds. The molecular formula is C14H15FN2O. The van der Waals surface area contributed by atoms with Gasteiger partial charge in [0.2, 0.25) is 0 Å². The summed E-state index contributed by atoms with van der Waals surface area (Å²) in [4.78, 5) is 4.40. The monoisotopic (exact) mass is 246 g/mol. The van der Waals surface area contributed by atoms with Crippen LogP contribution in [-0.2, 0) is 6.42 Å². The summed E-state index contributed by atoms with van der Waals surface area (Å²) >= 11 is 0. The number of hydrogen-bond acceptors (Lipinski definition) is 3. The van der Waals surface area contributed by atoms with Crippen molar-refractivity contribution in [2.24, 2.45) is 0 Å². The van der Waals surface area contributed by atoms with Crippen molar-refractivity contribution >= 4 is 5.69 Å². The van der Waals surface area contributed by atoms with Gasteiger partial charge in [0, 0.05) is 11.8 Å². The lowest BCUT2D eigenvalue weighted by Crippen LogP contribution is -1.98. The van der Waals surface area contributed by atoms with Crippen molar-refractivity contribution in [2.45, 2.75) is 20.3 Å². The second kappa shape index (κ2) is 5.04. The first kappa shape index (κ1) is 12.4. The molecule has 1 heterocycles. The fraction of sp³-hybridized carbons (Fsp3) is 0.214. The Hall–Kier alpha value is -2.10. The molecule has 1 aromatic carbocycles. The van der Waals surface area contributed by atoms with Gasteiger partial charge in [0.25, 0.3) is 0 Å². The maximum atomic E-state index is 12.9. The third kappa shape index (κ3) is 2.59. The fourth-order valence-corrected chi connectivity index (χ4v) is 1.67. The second-order valence-corrected chi connectivity index (χ2v) is 4.04. The lowest BCUT2D eigenvalue weighted by Gasteiger charge is -2.11. The average Bonchev–Trinajstić information content (AvgIpc) is 2.34. The molecule has 0 spiro atoms. The Balaban J connectivity index is 2.33. The largest absolute Gasteiger partial charge is 0.453 e. The summed E-state index contributed by atoms with van der Waals surface area (Å²) in [5.41, 5.74) is 7.78. The van der Waals surface area contributed by atoms with Crippen LogP contribution in [0, 0.1) is 12.7 Å². The summed E-state index contributed by atoms with van der Waals surface area (Å²) in [6, 6.07) is 7.80. The molecule has 0 aliphatic rings. The number of nitrogen functional groups attached to an aromatic ring is 1. The van der Waals surface area contributed by atoms with Gasteiger partial charge in [-0.15, -0.1) is 0 Å². The number of nitrogens with zero attached hydrogens (tertiary/aromatic N) is 1. The Labute approximate surface area is 105 Å². The molecule has 94 valence electrons. The Morgan fingerprint density at radius 3 is 2.61 bits per heavy atom. The molecule has 4 heteroatoms. The van der Waals surface area contributed by atoms with E-state index in [-0.39, 0.29) is 11.5 Å². The molecule has 3 nitrogen and oxygen atoms in total. The summed E-state index contributed by atoms with van der Waals surface area (Å²) in [6.07, 6.45) is 0.762. The summed E-state index contributed by atoms with van der Waals surface area (Å²) in [7, 11) is 0. The van der Waals surface area contributed by atoms with E-state index in [1.807, 2.05) is 26.0 Å². The first-order valence-corrected chi connectivity index (χ1v) is 5.79. The van der Waals surface area contributed by atoms with Crippen LogP contribution in [0.15, 0.2) is 30.3 Å². The van der Waals surface area contributed by atoms with Crippen molar-refractivity contribution in [3.63, 3.8) is 0 Å². The predicted octanol–water partition coefficient (Wildman–Crippen LogP) is 3.47. The fourth-order valence-electron chi connectivity index (χ4n) is 1.67. The van der Waals surface area contributed by atoms with Crippen molar-refractivity contribution in [2.75, 3.05) is 5.73 Å². The standard InChI is InChI=1S/C14H15FN2O/c1-3-12-14(6-4-9(2)17-12)18-13-7-5-10(15)8-11(13)16/h4-8H,3,16H2,1-2H3. The Morgan fingerprint density at radius 2 is 1.94 bits per heavy atom. The molecule has 2 N–H and O–H groups in total. The maximum Gasteiger partial charge on any atom is 0.150 e. The van der Waals surface area contributed by atoms with Crippen LogP contribution in [0.25, 0.3) is 0 Å². The predicted molar refractivity (Wildman–Crippen MR) is 69.2 cm³/mol. The van der Waals surface area contributed by atoms with E-state index >= 15 is 0 Å². The number of ether oxygens (including phenoxy) is 1. The SMILES string of the molecule is CCc1nc(C)ccc1Oc1ccc(F)cc1N. The van der Waals surface area contributed by atoms with Crippen LogP contribution in [0.2, 0.25) is 0 Å². The van der Waals surface area contributed by atoms with Crippen LogP contribution in [0.5, 0.6) is 11.5 Å².